The van der Waals surface area contributed by atoms with Gasteiger partial charge in [-0.05, 0) is 43.7 Å². The SMILES string of the molecule is CCOc1ccccc1CN(C[C@@H](C)O)C(=O)/C=C/c1ccc(OCC#N)c(OC)c1. The molecule has 2 rings (SSSR count). The van der Waals surface area contributed by atoms with E-state index in [2.05, 4.69) is 0 Å². The summed E-state index contributed by atoms with van der Waals surface area (Å²) in [6.07, 6.45) is 2.45. The average Bonchev–Trinajstić information content (AvgIpc) is 2.76. The first-order valence-corrected chi connectivity index (χ1v) is 10.0. The van der Waals surface area contributed by atoms with Crippen molar-refractivity contribution in [3.05, 3.63) is 59.7 Å². The predicted molar refractivity (Wildman–Crippen MR) is 118 cm³/mol. The van der Waals surface area contributed by atoms with Gasteiger partial charge in [-0.15, -0.1) is 0 Å². The van der Waals surface area contributed by atoms with E-state index in [1.54, 1.807) is 36.1 Å². The predicted octanol–water partition coefficient (Wildman–Crippen LogP) is 3.42. The van der Waals surface area contributed by atoms with Crippen molar-refractivity contribution in [3.8, 4) is 23.3 Å². The van der Waals surface area contributed by atoms with Crippen molar-refractivity contribution in [2.45, 2.75) is 26.5 Å². The molecule has 0 spiro atoms. The number of aliphatic hydroxyl groups excluding tert-OH is 1. The third-order valence-corrected chi connectivity index (χ3v) is 4.33. The van der Waals surface area contributed by atoms with Crippen LogP contribution in [0.3, 0.4) is 0 Å². The zero-order chi connectivity index (χ0) is 22.6. The zero-order valence-corrected chi connectivity index (χ0v) is 18.1. The van der Waals surface area contributed by atoms with E-state index in [0.29, 0.717) is 24.7 Å². The van der Waals surface area contributed by atoms with Crippen LogP contribution in [0.15, 0.2) is 48.5 Å². The summed E-state index contributed by atoms with van der Waals surface area (Å²) in [7, 11) is 1.51. The molecule has 7 nitrogen and oxygen atoms in total. The molecule has 0 aromatic heterocycles. The van der Waals surface area contributed by atoms with Gasteiger partial charge in [0.1, 0.15) is 11.8 Å². The number of aliphatic hydroxyl groups is 1. The third kappa shape index (κ3) is 7.36. The molecule has 164 valence electrons. The van der Waals surface area contributed by atoms with Crippen molar-refractivity contribution in [1.82, 2.24) is 4.90 Å². The fourth-order valence-electron chi connectivity index (χ4n) is 2.98. The van der Waals surface area contributed by atoms with E-state index in [0.717, 1.165) is 16.9 Å². The molecule has 0 heterocycles. The quantitative estimate of drug-likeness (QED) is 0.556. The van der Waals surface area contributed by atoms with Gasteiger partial charge in [0, 0.05) is 24.7 Å². The number of rotatable bonds is 11. The van der Waals surface area contributed by atoms with Gasteiger partial charge in [0.05, 0.1) is 19.8 Å². The van der Waals surface area contributed by atoms with Crippen LogP contribution >= 0.6 is 0 Å². The molecule has 7 heteroatoms. The van der Waals surface area contributed by atoms with E-state index in [1.165, 1.54) is 13.2 Å². The number of benzene rings is 2. The highest BCUT2D eigenvalue weighted by Gasteiger charge is 2.16. The van der Waals surface area contributed by atoms with Gasteiger partial charge in [-0.1, -0.05) is 24.3 Å². The van der Waals surface area contributed by atoms with Crippen LogP contribution in [0.2, 0.25) is 0 Å². The normalized spacial score (nSPS) is 11.6. The third-order valence-electron chi connectivity index (χ3n) is 4.33. The first-order valence-electron chi connectivity index (χ1n) is 10.0. The van der Waals surface area contributed by atoms with E-state index in [1.807, 2.05) is 37.3 Å². The number of nitrogens with zero attached hydrogens (tertiary/aromatic N) is 2. The Balaban J connectivity index is 2.19. The molecule has 2 aromatic carbocycles. The topological polar surface area (TPSA) is 92.0 Å². The Labute approximate surface area is 183 Å². The first-order chi connectivity index (χ1) is 15.0. The molecule has 0 unspecified atom stereocenters. The molecule has 1 amide bonds. The molecule has 0 saturated heterocycles. The summed E-state index contributed by atoms with van der Waals surface area (Å²) < 4.78 is 16.3. The molecular formula is C24H28N2O5. The number of hydrogen-bond acceptors (Lipinski definition) is 6. The highest BCUT2D eigenvalue weighted by Crippen LogP contribution is 2.28. The maximum absolute atomic E-state index is 12.9. The number of methoxy groups -OCH3 is 1. The number of amides is 1. The number of hydrogen-bond donors (Lipinski definition) is 1. The Morgan fingerprint density at radius 1 is 1.19 bits per heavy atom. The summed E-state index contributed by atoms with van der Waals surface area (Å²) in [5, 5.41) is 18.5. The second kappa shape index (κ2) is 12.3. The summed E-state index contributed by atoms with van der Waals surface area (Å²) in [4.78, 5) is 14.5. The molecule has 0 aliphatic carbocycles. The van der Waals surface area contributed by atoms with E-state index < -0.39 is 6.10 Å². The molecule has 1 N–H and O–H groups in total. The van der Waals surface area contributed by atoms with Crippen LogP contribution in [0, 0.1) is 11.3 Å². The van der Waals surface area contributed by atoms with Crippen molar-refractivity contribution >= 4 is 12.0 Å². The maximum Gasteiger partial charge on any atom is 0.246 e. The van der Waals surface area contributed by atoms with E-state index >= 15 is 0 Å². The van der Waals surface area contributed by atoms with Crippen LogP contribution in [-0.4, -0.2) is 48.9 Å². The minimum atomic E-state index is -0.673. The molecule has 0 bridgehead atoms. The molecule has 31 heavy (non-hydrogen) atoms. The van der Waals surface area contributed by atoms with Crippen LogP contribution in [0.5, 0.6) is 17.2 Å². The summed E-state index contributed by atoms with van der Waals surface area (Å²) in [5.74, 6) is 1.40. The standard InChI is InChI=1S/C24H28N2O5/c1-4-30-21-8-6-5-7-20(21)17-26(16-18(2)27)24(28)12-10-19-9-11-22(31-14-13-25)23(15-19)29-3/h5-12,15,18,27H,4,14,16-17H2,1-3H3/b12-10+/t18-/m1/s1. The summed E-state index contributed by atoms with van der Waals surface area (Å²) in [6.45, 7) is 4.49. The van der Waals surface area contributed by atoms with Gasteiger partial charge in [-0.3, -0.25) is 4.79 Å². The Hall–Kier alpha value is -3.50. The molecule has 2 aromatic rings. The van der Waals surface area contributed by atoms with Crippen LogP contribution in [-0.2, 0) is 11.3 Å². The molecule has 0 radical (unpaired) electrons. The Morgan fingerprint density at radius 2 is 1.97 bits per heavy atom. The van der Waals surface area contributed by atoms with Gasteiger partial charge < -0.3 is 24.2 Å². The number of ether oxygens (including phenoxy) is 3. The van der Waals surface area contributed by atoms with Crippen LogP contribution in [0.1, 0.15) is 25.0 Å². The molecule has 0 aliphatic rings. The van der Waals surface area contributed by atoms with Crippen molar-refractivity contribution in [1.29, 1.82) is 5.26 Å². The largest absolute Gasteiger partial charge is 0.494 e. The van der Waals surface area contributed by atoms with Crippen molar-refractivity contribution in [2.24, 2.45) is 0 Å². The Bertz CT molecular complexity index is 934. The van der Waals surface area contributed by atoms with Gasteiger partial charge >= 0.3 is 0 Å². The molecule has 0 aliphatic heterocycles. The lowest BCUT2D eigenvalue weighted by molar-refractivity contribution is -0.127. The number of nitriles is 1. The van der Waals surface area contributed by atoms with Gasteiger partial charge in [0.2, 0.25) is 5.91 Å². The first kappa shape index (κ1) is 23.8. The smallest absolute Gasteiger partial charge is 0.246 e. The monoisotopic (exact) mass is 424 g/mol. The number of carbonyl (C=O) groups is 1. The Kier molecular flexibility index (Phi) is 9.40. The van der Waals surface area contributed by atoms with E-state index in [4.69, 9.17) is 19.5 Å². The molecule has 1 atom stereocenters. The summed E-state index contributed by atoms with van der Waals surface area (Å²) in [5.41, 5.74) is 1.61. The number of para-hydroxylation sites is 1. The summed E-state index contributed by atoms with van der Waals surface area (Å²) >= 11 is 0. The number of carbonyl (C=O) groups excluding carboxylic acids is 1. The van der Waals surface area contributed by atoms with E-state index in [9.17, 15) is 9.90 Å². The second-order valence-electron chi connectivity index (χ2n) is 6.80. The highest BCUT2D eigenvalue weighted by atomic mass is 16.5. The molecular weight excluding hydrogens is 396 g/mol. The summed E-state index contributed by atoms with van der Waals surface area (Å²) in [6, 6.07) is 14.6. The van der Waals surface area contributed by atoms with Gasteiger partial charge in [-0.2, -0.15) is 5.26 Å². The lowest BCUT2D eigenvalue weighted by Crippen LogP contribution is -2.35. The fraction of sp³-hybridized carbons (Fsp3) is 0.333. The zero-order valence-electron chi connectivity index (χ0n) is 18.1. The van der Waals surface area contributed by atoms with Crippen LogP contribution < -0.4 is 14.2 Å². The fourth-order valence-corrected chi connectivity index (χ4v) is 2.98. The highest BCUT2D eigenvalue weighted by molar-refractivity contribution is 5.92. The van der Waals surface area contributed by atoms with Crippen LogP contribution in [0.4, 0.5) is 0 Å². The lowest BCUT2D eigenvalue weighted by atomic mass is 10.1. The van der Waals surface area contributed by atoms with E-state index in [-0.39, 0.29) is 19.1 Å². The van der Waals surface area contributed by atoms with Crippen molar-refractivity contribution in [3.63, 3.8) is 0 Å². The molecule has 0 saturated carbocycles. The van der Waals surface area contributed by atoms with Crippen LogP contribution in [0.25, 0.3) is 6.08 Å². The van der Waals surface area contributed by atoms with Gasteiger partial charge in [0.15, 0.2) is 18.1 Å². The maximum atomic E-state index is 12.9. The molecule has 0 fully saturated rings. The minimum absolute atomic E-state index is 0.0818. The lowest BCUT2D eigenvalue weighted by Gasteiger charge is -2.24. The van der Waals surface area contributed by atoms with Crippen molar-refractivity contribution in [2.75, 3.05) is 26.9 Å². The minimum Gasteiger partial charge on any atom is -0.494 e. The Morgan fingerprint density at radius 3 is 2.65 bits per heavy atom. The van der Waals surface area contributed by atoms with Gasteiger partial charge in [-0.25, -0.2) is 0 Å². The van der Waals surface area contributed by atoms with Crippen molar-refractivity contribution < 1.29 is 24.1 Å². The van der Waals surface area contributed by atoms with Gasteiger partial charge in [0.25, 0.3) is 0 Å². The average molecular weight is 424 g/mol. The second-order valence-corrected chi connectivity index (χ2v) is 6.80.